The normalized spacial score (nSPS) is 10.5. The maximum Gasteiger partial charge on any atom is 1.00 e. The molecule has 0 aliphatic rings. The number of carboxylic acid groups (broad SMARTS) is 2. The molecule has 2 rings (SSSR count). The molecule has 7 heteroatoms. The molecule has 0 radical (unpaired) electrons. The van der Waals surface area contributed by atoms with E-state index in [1.165, 1.54) is 24.3 Å². The van der Waals surface area contributed by atoms with Gasteiger partial charge in [0.15, 0.2) is 0 Å². The third kappa shape index (κ3) is 4.12. The van der Waals surface area contributed by atoms with Crippen LogP contribution in [0.25, 0.3) is 0 Å². The second-order valence-electron chi connectivity index (χ2n) is 4.83. The summed E-state index contributed by atoms with van der Waals surface area (Å²) in [4.78, 5) is 21.6. The van der Waals surface area contributed by atoms with Crippen LogP contribution in [0.4, 0.5) is 0 Å². The fraction of sp³-hybridized carbons (Fsp3) is 0.125. The van der Waals surface area contributed by atoms with Gasteiger partial charge in [0.2, 0.25) is 0 Å². The molecule has 0 aromatic heterocycles. The van der Waals surface area contributed by atoms with Gasteiger partial charge in [-0.25, -0.2) is 0 Å². The van der Waals surface area contributed by atoms with E-state index >= 15 is 0 Å². The molecule has 0 aliphatic carbocycles. The number of carbonyl (C=O) groups excluding carboxylic acids is 2. The van der Waals surface area contributed by atoms with Crippen LogP contribution in [0, 0.1) is 0 Å². The van der Waals surface area contributed by atoms with Crippen LogP contribution >= 0.6 is 7.05 Å². The Balaban J connectivity index is 0.00000264. The molecule has 2 aromatic rings. The maximum absolute atomic E-state index is 10.8. The van der Waals surface area contributed by atoms with E-state index in [1.807, 2.05) is 6.66 Å². The minimum Gasteiger partial charge on any atom is -0.545 e. The van der Waals surface area contributed by atoms with Crippen LogP contribution < -0.4 is 50.4 Å². The number of carboxylic acids is 2. The average molecular weight is 338 g/mol. The van der Waals surface area contributed by atoms with Crippen molar-refractivity contribution in [2.45, 2.75) is 0 Å². The summed E-state index contributed by atoms with van der Waals surface area (Å²) >= 11 is 0. The summed E-state index contributed by atoms with van der Waals surface area (Å²) in [7, 11) is -0.355. The topological polar surface area (TPSA) is 92.6 Å². The zero-order valence-corrected chi connectivity index (χ0v) is 16.0. The Kier molecular flexibility index (Phi) is 6.78. The number of benzene rings is 2. The summed E-state index contributed by atoms with van der Waals surface area (Å²) in [5.74, 6) is -2.45. The van der Waals surface area contributed by atoms with E-state index in [9.17, 15) is 19.8 Å². The molecular formula is C16H14NNaO4P-. The van der Waals surface area contributed by atoms with Gasteiger partial charge in [-0.15, -0.1) is 0 Å². The molecule has 0 aliphatic heterocycles. The molecule has 0 spiro atoms. The van der Waals surface area contributed by atoms with Crippen molar-refractivity contribution in [3.8, 4) is 0 Å². The number of carbonyl (C=O) groups is 2. The second kappa shape index (κ2) is 7.93. The van der Waals surface area contributed by atoms with Gasteiger partial charge in [-0.05, 0) is 28.4 Å². The number of hydrogen-bond donors (Lipinski definition) is 0. The quantitative estimate of drug-likeness (QED) is 0.434. The molecule has 0 unspecified atom stereocenters. The van der Waals surface area contributed by atoms with Gasteiger partial charge in [0.25, 0.3) is 0 Å². The van der Waals surface area contributed by atoms with Gasteiger partial charge >= 0.3 is 29.6 Å². The predicted molar refractivity (Wildman–Crippen MR) is 82.0 cm³/mol. The fourth-order valence-electron chi connectivity index (χ4n) is 2.16. The van der Waals surface area contributed by atoms with E-state index in [1.54, 1.807) is 31.3 Å². The molecule has 114 valence electrons. The van der Waals surface area contributed by atoms with E-state index in [-0.39, 0.29) is 40.7 Å². The van der Waals surface area contributed by atoms with E-state index in [0.29, 0.717) is 0 Å². The van der Waals surface area contributed by atoms with Crippen LogP contribution in [-0.4, -0.2) is 25.7 Å². The Hall–Kier alpha value is -1.39. The predicted octanol–water partition coefficient (Wildman–Crippen LogP) is -3.17. The molecule has 0 saturated carbocycles. The Labute approximate surface area is 156 Å². The SMILES string of the molecule is CN=P(C)(c1ccc(C(=O)[O-])cc1)c1ccc(C(=O)[O-])cc1.[Na+]. The maximum atomic E-state index is 10.8. The molecule has 0 heterocycles. The van der Waals surface area contributed by atoms with Crippen LogP contribution in [0.5, 0.6) is 0 Å². The molecule has 0 fully saturated rings. The number of hydrogen-bond acceptors (Lipinski definition) is 5. The molecule has 23 heavy (non-hydrogen) atoms. The van der Waals surface area contributed by atoms with Crippen LogP contribution in [0.15, 0.2) is 53.3 Å². The molecule has 0 bridgehead atoms. The molecule has 0 amide bonds. The van der Waals surface area contributed by atoms with Crippen molar-refractivity contribution in [2.75, 3.05) is 13.7 Å². The van der Waals surface area contributed by atoms with Crippen molar-refractivity contribution in [3.63, 3.8) is 0 Å². The minimum absolute atomic E-state index is 0. The Bertz CT molecular complexity index is 708. The van der Waals surface area contributed by atoms with Gasteiger partial charge in [-0.1, -0.05) is 48.5 Å². The van der Waals surface area contributed by atoms with Crippen LogP contribution in [0.3, 0.4) is 0 Å². The Morgan fingerprint density at radius 3 is 1.35 bits per heavy atom. The third-order valence-corrected chi connectivity index (χ3v) is 7.02. The molecular weight excluding hydrogens is 324 g/mol. The number of aromatic carboxylic acids is 2. The molecule has 5 nitrogen and oxygen atoms in total. The summed E-state index contributed by atoms with van der Waals surface area (Å²) in [6.07, 6.45) is 0. The van der Waals surface area contributed by atoms with Crippen molar-refractivity contribution in [3.05, 3.63) is 59.7 Å². The molecule has 0 atom stereocenters. The number of rotatable bonds is 4. The summed E-state index contributed by atoms with van der Waals surface area (Å²) < 4.78 is 4.49. The van der Waals surface area contributed by atoms with E-state index in [0.717, 1.165) is 10.6 Å². The smallest absolute Gasteiger partial charge is 0.545 e. The summed E-state index contributed by atoms with van der Waals surface area (Å²) in [6, 6.07) is 12.8. The van der Waals surface area contributed by atoms with Crippen molar-refractivity contribution in [1.82, 2.24) is 0 Å². The van der Waals surface area contributed by atoms with Crippen LogP contribution in [-0.2, 0) is 0 Å². The standard InChI is InChI=1S/C16H16NO4P.Na/c1-17-22(2,13-7-3-11(4-8-13)15(18)19)14-9-5-12(6-10-14)16(20)21;/h3-10H,1-2H3,(H,18,19)(H,20,21);/q;+1/p-2. The van der Waals surface area contributed by atoms with E-state index in [4.69, 9.17) is 0 Å². The zero-order chi connectivity index (χ0) is 16.3. The van der Waals surface area contributed by atoms with Crippen molar-refractivity contribution >= 4 is 29.6 Å². The summed E-state index contributed by atoms with van der Waals surface area (Å²) in [6.45, 7) is 1.98. The van der Waals surface area contributed by atoms with Crippen LogP contribution in [0.2, 0.25) is 0 Å². The summed E-state index contributed by atoms with van der Waals surface area (Å²) in [5, 5.41) is 23.4. The Morgan fingerprint density at radius 1 is 0.826 bits per heavy atom. The van der Waals surface area contributed by atoms with Crippen molar-refractivity contribution in [2.24, 2.45) is 4.74 Å². The van der Waals surface area contributed by atoms with Gasteiger partial charge in [0.05, 0.1) is 11.9 Å². The summed E-state index contributed by atoms with van der Waals surface area (Å²) in [5.41, 5.74) is 0.220. The third-order valence-electron chi connectivity index (χ3n) is 3.61. The largest absolute Gasteiger partial charge is 1.00 e. The van der Waals surface area contributed by atoms with Gasteiger partial charge in [0, 0.05) is 14.1 Å². The first-order chi connectivity index (χ1) is 10.4. The molecule has 0 N–H and O–H groups in total. The first-order valence-electron chi connectivity index (χ1n) is 6.50. The van der Waals surface area contributed by atoms with Gasteiger partial charge in [-0.2, -0.15) is 0 Å². The van der Waals surface area contributed by atoms with Crippen molar-refractivity contribution < 1.29 is 49.4 Å². The molecule has 0 saturated heterocycles. The first-order valence-corrected chi connectivity index (χ1v) is 8.69. The zero-order valence-electron chi connectivity index (χ0n) is 13.1. The molecule has 2 aromatic carbocycles. The van der Waals surface area contributed by atoms with Gasteiger partial charge in [0.1, 0.15) is 0 Å². The van der Waals surface area contributed by atoms with Crippen LogP contribution in [0.1, 0.15) is 20.7 Å². The number of nitrogens with zero attached hydrogens (tertiary/aromatic N) is 1. The minimum atomic E-state index is -2.06. The Morgan fingerprint density at radius 2 is 1.13 bits per heavy atom. The fourth-order valence-corrected chi connectivity index (χ4v) is 4.37. The van der Waals surface area contributed by atoms with Crippen molar-refractivity contribution in [1.29, 1.82) is 0 Å². The van der Waals surface area contributed by atoms with E-state index < -0.39 is 19.0 Å². The monoisotopic (exact) mass is 338 g/mol. The van der Waals surface area contributed by atoms with Gasteiger partial charge < -0.3 is 19.8 Å². The van der Waals surface area contributed by atoms with Gasteiger partial charge in [-0.3, -0.25) is 4.74 Å². The first kappa shape index (κ1) is 19.7. The van der Waals surface area contributed by atoms with E-state index in [2.05, 4.69) is 4.74 Å². The average Bonchev–Trinajstić information content (AvgIpc) is 2.54. The second-order valence-corrected chi connectivity index (χ2v) is 8.18.